The van der Waals surface area contributed by atoms with Gasteiger partial charge in [0, 0.05) is 12.6 Å². The minimum Gasteiger partial charge on any atom is -0.309 e. The summed E-state index contributed by atoms with van der Waals surface area (Å²) in [5.74, 6) is 0.335. The molecule has 1 aromatic heterocycles. The fraction of sp³-hybridized carbons (Fsp3) is 0.250. The highest BCUT2D eigenvalue weighted by Gasteiger charge is 2.02. The van der Waals surface area contributed by atoms with Crippen LogP contribution in [-0.2, 0) is 4.79 Å². The Labute approximate surface area is 75.8 Å². The molecule has 0 fully saturated rings. The van der Waals surface area contributed by atoms with Gasteiger partial charge in [-0.3, -0.25) is 4.79 Å². The summed E-state index contributed by atoms with van der Waals surface area (Å²) in [5.41, 5.74) is 0. The molecular formula is C8H9ClN2O. The van der Waals surface area contributed by atoms with Gasteiger partial charge in [0.1, 0.15) is 0 Å². The van der Waals surface area contributed by atoms with E-state index in [0.29, 0.717) is 17.3 Å². The first-order valence-electron chi connectivity index (χ1n) is 3.64. The number of pyridine rings is 1. The van der Waals surface area contributed by atoms with E-state index in [9.17, 15) is 4.79 Å². The summed E-state index contributed by atoms with van der Waals surface area (Å²) in [6, 6.07) is 3.39. The maximum absolute atomic E-state index is 10.9. The molecule has 4 heteroatoms. The molecule has 0 unspecified atom stereocenters. The number of amides is 1. The SMILES string of the molecule is CCC(=O)Nc1ncccc1Cl. The molecule has 1 aromatic rings. The Morgan fingerprint density at radius 2 is 2.50 bits per heavy atom. The Morgan fingerprint density at radius 1 is 1.75 bits per heavy atom. The minimum absolute atomic E-state index is 0.0874. The molecule has 0 aliphatic heterocycles. The van der Waals surface area contributed by atoms with Gasteiger partial charge in [-0.25, -0.2) is 4.98 Å². The van der Waals surface area contributed by atoms with Crippen molar-refractivity contribution < 1.29 is 4.79 Å². The predicted octanol–water partition coefficient (Wildman–Crippen LogP) is 2.08. The fourth-order valence-electron chi connectivity index (χ4n) is 0.698. The van der Waals surface area contributed by atoms with Crippen LogP contribution in [0.3, 0.4) is 0 Å². The first kappa shape index (κ1) is 9.00. The average Bonchev–Trinajstić information content (AvgIpc) is 2.09. The molecule has 12 heavy (non-hydrogen) atoms. The molecule has 0 saturated heterocycles. The summed E-state index contributed by atoms with van der Waals surface area (Å²) in [6.07, 6.45) is 2.00. The average molecular weight is 185 g/mol. The molecule has 0 radical (unpaired) electrons. The van der Waals surface area contributed by atoms with Gasteiger partial charge in [-0.2, -0.15) is 0 Å². The molecule has 0 aliphatic carbocycles. The first-order valence-corrected chi connectivity index (χ1v) is 4.02. The molecule has 0 bridgehead atoms. The Morgan fingerprint density at radius 3 is 3.08 bits per heavy atom. The number of nitrogens with one attached hydrogen (secondary N) is 1. The van der Waals surface area contributed by atoms with E-state index in [4.69, 9.17) is 11.6 Å². The van der Waals surface area contributed by atoms with Crippen molar-refractivity contribution in [2.75, 3.05) is 5.32 Å². The second-order valence-corrected chi connectivity index (χ2v) is 2.64. The molecule has 1 amide bonds. The van der Waals surface area contributed by atoms with Crippen molar-refractivity contribution in [3.05, 3.63) is 23.4 Å². The number of rotatable bonds is 2. The highest BCUT2D eigenvalue weighted by molar-refractivity contribution is 6.33. The fourth-order valence-corrected chi connectivity index (χ4v) is 0.867. The van der Waals surface area contributed by atoms with E-state index >= 15 is 0 Å². The summed E-state index contributed by atoms with van der Waals surface area (Å²) in [6.45, 7) is 1.77. The van der Waals surface area contributed by atoms with Crippen molar-refractivity contribution in [2.45, 2.75) is 13.3 Å². The van der Waals surface area contributed by atoms with Gasteiger partial charge in [-0.05, 0) is 12.1 Å². The molecule has 0 spiro atoms. The van der Waals surface area contributed by atoms with Gasteiger partial charge in [-0.15, -0.1) is 0 Å². The lowest BCUT2D eigenvalue weighted by atomic mass is 10.4. The smallest absolute Gasteiger partial charge is 0.225 e. The van der Waals surface area contributed by atoms with Crippen LogP contribution in [-0.4, -0.2) is 10.9 Å². The number of aromatic nitrogens is 1. The van der Waals surface area contributed by atoms with Crippen LogP contribution in [0, 0.1) is 0 Å². The lowest BCUT2D eigenvalue weighted by Gasteiger charge is -2.02. The number of hydrogen-bond acceptors (Lipinski definition) is 2. The van der Waals surface area contributed by atoms with E-state index in [2.05, 4.69) is 10.3 Å². The molecule has 1 heterocycles. The van der Waals surface area contributed by atoms with E-state index in [-0.39, 0.29) is 5.91 Å². The van der Waals surface area contributed by atoms with Gasteiger partial charge in [0.15, 0.2) is 5.82 Å². The number of carbonyl (C=O) groups excluding carboxylic acids is 1. The maximum atomic E-state index is 10.9. The van der Waals surface area contributed by atoms with Crippen molar-refractivity contribution in [2.24, 2.45) is 0 Å². The van der Waals surface area contributed by atoms with Crippen molar-refractivity contribution in [3.63, 3.8) is 0 Å². The van der Waals surface area contributed by atoms with Crippen LogP contribution < -0.4 is 5.32 Å². The standard InChI is InChI=1S/C8H9ClN2O/c1-2-7(12)11-8-6(9)4-3-5-10-8/h3-5H,2H2,1H3,(H,10,11,12). The van der Waals surface area contributed by atoms with Gasteiger partial charge in [0.05, 0.1) is 5.02 Å². The third-order valence-electron chi connectivity index (χ3n) is 1.34. The van der Waals surface area contributed by atoms with Crippen LogP contribution >= 0.6 is 11.6 Å². The van der Waals surface area contributed by atoms with Crippen molar-refractivity contribution in [1.29, 1.82) is 0 Å². The second kappa shape index (κ2) is 4.07. The third kappa shape index (κ3) is 2.20. The molecule has 0 aliphatic rings. The van der Waals surface area contributed by atoms with Crippen LogP contribution in [0.1, 0.15) is 13.3 Å². The number of carbonyl (C=O) groups is 1. The lowest BCUT2D eigenvalue weighted by Crippen LogP contribution is -2.10. The summed E-state index contributed by atoms with van der Waals surface area (Å²) >= 11 is 5.75. The largest absolute Gasteiger partial charge is 0.309 e. The Balaban J connectivity index is 2.75. The van der Waals surface area contributed by atoms with Gasteiger partial charge >= 0.3 is 0 Å². The normalized spacial score (nSPS) is 9.50. The van der Waals surface area contributed by atoms with E-state index < -0.39 is 0 Å². The summed E-state index contributed by atoms with van der Waals surface area (Å²) < 4.78 is 0. The van der Waals surface area contributed by atoms with Crippen LogP contribution in [0.4, 0.5) is 5.82 Å². The molecule has 1 N–H and O–H groups in total. The van der Waals surface area contributed by atoms with Crippen LogP contribution in [0.2, 0.25) is 5.02 Å². The zero-order valence-corrected chi connectivity index (χ0v) is 7.43. The quantitative estimate of drug-likeness (QED) is 0.765. The van der Waals surface area contributed by atoms with Crippen LogP contribution in [0.25, 0.3) is 0 Å². The zero-order chi connectivity index (χ0) is 8.97. The Bertz CT molecular complexity index is 288. The molecular weight excluding hydrogens is 176 g/mol. The van der Waals surface area contributed by atoms with Crippen molar-refractivity contribution in [3.8, 4) is 0 Å². The predicted molar refractivity (Wildman–Crippen MR) is 48.2 cm³/mol. The highest BCUT2D eigenvalue weighted by atomic mass is 35.5. The van der Waals surface area contributed by atoms with Crippen LogP contribution in [0.5, 0.6) is 0 Å². The third-order valence-corrected chi connectivity index (χ3v) is 1.64. The molecule has 3 nitrogen and oxygen atoms in total. The summed E-state index contributed by atoms with van der Waals surface area (Å²) in [5, 5.41) is 3.04. The number of halogens is 1. The van der Waals surface area contributed by atoms with Gasteiger partial charge in [0.2, 0.25) is 5.91 Å². The molecule has 0 saturated carbocycles. The second-order valence-electron chi connectivity index (χ2n) is 2.24. The summed E-state index contributed by atoms with van der Waals surface area (Å²) in [4.78, 5) is 14.8. The number of anilines is 1. The maximum Gasteiger partial charge on any atom is 0.225 e. The minimum atomic E-state index is -0.0874. The zero-order valence-electron chi connectivity index (χ0n) is 6.67. The highest BCUT2D eigenvalue weighted by Crippen LogP contribution is 2.17. The molecule has 0 aromatic carbocycles. The van der Waals surface area contributed by atoms with E-state index in [1.165, 1.54) is 0 Å². The van der Waals surface area contributed by atoms with Crippen LogP contribution in [0.15, 0.2) is 18.3 Å². The van der Waals surface area contributed by atoms with Crippen molar-refractivity contribution >= 4 is 23.3 Å². The molecule has 64 valence electrons. The number of hydrogen-bond donors (Lipinski definition) is 1. The van der Waals surface area contributed by atoms with E-state index in [0.717, 1.165) is 0 Å². The van der Waals surface area contributed by atoms with Gasteiger partial charge in [-0.1, -0.05) is 18.5 Å². The van der Waals surface area contributed by atoms with Gasteiger partial charge < -0.3 is 5.32 Å². The van der Waals surface area contributed by atoms with Gasteiger partial charge in [0.25, 0.3) is 0 Å². The first-order chi connectivity index (χ1) is 5.74. The topological polar surface area (TPSA) is 42.0 Å². The Hall–Kier alpha value is -1.09. The van der Waals surface area contributed by atoms with E-state index in [1.807, 2.05) is 0 Å². The monoisotopic (exact) mass is 184 g/mol. The number of nitrogens with zero attached hydrogens (tertiary/aromatic N) is 1. The lowest BCUT2D eigenvalue weighted by molar-refractivity contribution is -0.115. The molecule has 1 rings (SSSR count). The van der Waals surface area contributed by atoms with E-state index in [1.54, 1.807) is 25.3 Å². The molecule has 0 atom stereocenters. The van der Waals surface area contributed by atoms with Crippen molar-refractivity contribution in [1.82, 2.24) is 4.98 Å². The summed E-state index contributed by atoms with van der Waals surface area (Å²) in [7, 11) is 0. The Kier molecular flexibility index (Phi) is 3.05.